The van der Waals surface area contributed by atoms with E-state index >= 15 is 0 Å². The normalized spacial score (nSPS) is 15.3. The Morgan fingerprint density at radius 3 is 2.00 bits per heavy atom. The predicted molar refractivity (Wildman–Crippen MR) is 119 cm³/mol. The van der Waals surface area contributed by atoms with Crippen LogP contribution in [0, 0.1) is 0 Å². The summed E-state index contributed by atoms with van der Waals surface area (Å²) in [5, 5.41) is 0.437. The number of benzene rings is 3. The van der Waals surface area contributed by atoms with Crippen LogP contribution in [-0.2, 0) is 0 Å². The molecule has 0 unspecified atom stereocenters. The fourth-order valence-corrected chi connectivity index (χ4v) is 3.21. The summed E-state index contributed by atoms with van der Waals surface area (Å²) in [5.41, 5.74) is -0.598. The Balaban J connectivity index is 2.17. The average molecular weight is 406 g/mol. The van der Waals surface area contributed by atoms with E-state index in [1.54, 1.807) is 18.2 Å². The number of Topliss-reactive ketones (excluding diaryl/α,β-unsaturated/α-hetero) is 1. The summed E-state index contributed by atoms with van der Waals surface area (Å²) in [6, 6.07) is 1.90. The molecule has 1 aromatic heterocycles. The van der Waals surface area contributed by atoms with Gasteiger partial charge in [0.25, 0.3) is 0 Å². The maximum absolute atomic E-state index is 12.6. The molecule has 0 atom stereocenters. The Morgan fingerprint density at radius 2 is 1.52 bits per heavy atom. The molecule has 4 rings (SSSR count). The predicted octanol–water partition coefficient (Wildman–Crippen LogP) is 6.56. The first kappa shape index (κ1) is 10.4. The lowest BCUT2D eigenvalue weighted by Gasteiger charge is -2.16. The Hall–Kier alpha value is -3.37. The number of ketones is 1. The molecule has 0 bridgehead atoms. The Labute approximate surface area is 189 Å². The van der Waals surface area contributed by atoms with E-state index in [-0.39, 0.29) is 33.5 Å². The van der Waals surface area contributed by atoms with Crippen molar-refractivity contribution in [3.63, 3.8) is 0 Å². The van der Waals surface area contributed by atoms with Crippen molar-refractivity contribution >= 4 is 23.4 Å². The molecule has 1 heterocycles. The largest absolute Gasteiger partial charge is 0.295 e. The van der Waals surface area contributed by atoms with Gasteiger partial charge in [0, 0.05) is 34.8 Å². The fourth-order valence-electron chi connectivity index (χ4n) is 2.58. The van der Waals surface area contributed by atoms with E-state index in [0.29, 0.717) is 5.03 Å². The van der Waals surface area contributed by atoms with E-state index in [4.69, 9.17) is 13.7 Å². The van der Waals surface area contributed by atoms with E-state index < -0.39 is 66.2 Å². The first-order valence-electron chi connectivity index (χ1n) is 13.5. The number of aromatic nitrogens is 1. The number of nitrogens with zero attached hydrogens (tertiary/aromatic N) is 2. The minimum Gasteiger partial charge on any atom is -0.295 e. The lowest BCUT2D eigenvalue weighted by Crippen LogP contribution is -2.00. The average Bonchev–Trinajstić information content (AvgIpc) is 2.92. The molecule has 0 fully saturated rings. The topological polar surface area (TPSA) is 44.1 Å². The molecule has 0 saturated carbocycles. The second-order valence-electron chi connectivity index (χ2n) is 5.83. The number of carbonyl (C=O) groups excluding carboxylic acids is 1. The summed E-state index contributed by atoms with van der Waals surface area (Å²) in [6.45, 7) is 1.26. The minimum atomic E-state index is -0.608. The van der Waals surface area contributed by atoms with Crippen LogP contribution in [0.1, 0.15) is 31.0 Å². The van der Waals surface area contributed by atoms with E-state index in [9.17, 15) is 4.79 Å². The summed E-state index contributed by atoms with van der Waals surface area (Å²) >= 11 is 0.874. The monoisotopic (exact) mass is 405 g/mol. The molecule has 0 saturated heterocycles. The van der Waals surface area contributed by atoms with Gasteiger partial charge in [0.1, 0.15) is 5.03 Å². The van der Waals surface area contributed by atoms with Crippen LogP contribution >= 0.6 is 11.9 Å². The van der Waals surface area contributed by atoms with Gasteiger partial charge in [0.2, 0.25) is 0 Å². The van der Waals surface area contributed by atoms with Crippen molar-refractivity contribution in [2.75, 3.05) is 0 Å². The Bertz CT molecular complexity index is 1500. The van der Waals surface area contributed by atoms with Crippen molar-refractivity contribution in [3.8, 4) is 22.3 Å². The van der Waals surface area contributed by atoms with Crippen LogP contribution in [0.4, 0.5) is 5.69 Å². The second-order valence-corrected chi connectivity index (χ2v) is 6.61. The van der Waals surface area contributed by atoms with Crippen LogP contribution in [0.25, 0.3) is 22.3 Å². The minimum absolute atomic E-state index is 0.0282. The molecule has 0 N–H and O–H groups in total. The summed E-state index contributed by atoms with van der Waals surface area (Å²) in [5.74, 6) is -0.457. The number of carbonyl (C=O) groups is 1. The highest BCUT2D eigenvalue weighted by Crippen LogP contribution is 2.40. The van der Waals surface area contributed by atoms with Gasteiger partial charge in [-0.05, 0) is 42.3 Å². The molecule has 4 aromatic rings. The van der Waals surface area contributed by atoms with Crippen LogP contribution in [0.2, 0.25) is 0 Å². The highest BCUT2D eigenvalue weighted by molar-refractivity contribution is 7.97. The zero-order valence-electron chi connectivity index (χ0n) is 25.2. The number of rotatable bonds is 6. The quantitative estimate of drug-likeness (QED) is 0.269. The zero-order chi connectivity index (χ0) is 28.8. The molecule has 0 spiro atoms. The van der Waals surface area contributed by atoms with Crippen molar-refractivity contribution in [2.24, 2.45) is 0 Å². The highest BCUT2D eigenvalue weighted by Gasteiger charge is 2.17. The summed E-state index contributed by atoms with van der Waals surface area (Å²) in [7, 11) is 0. The van der Waals surface area contributed by atoms with Crippen molar-refractivity contribution in [2.45, 2.75) is 11.9 Å². The molecule has 29 heavy (non-hydrogen) atoms. The third-order valence-electron chi connectivity index (χ3n) is 3.92. The van der Waals surface area contributed by atoms with Crippen molar-refractivity contribution in [1.29, 1.82) is 0 Å². The summed E-state index contributed by atoms with van der Waals surface area (Å²) in [6.07, 6.45) is 1.53. The third kappa shape index (κ3) is 4.39. The molecule has 3 nitrogen and oxygen atoms in total. The van der Waals surface area contributed by atoms with Gasteiger partial charge in [-0.1, -0.05) is 66.5 Å². The highest BCUT2D eigenvalue weighted by atomic mass is 32.2. The SMILES string of the molecule is [2H]c1c([2H])c([2H])c(-c2cc(C(C)=O)cc(-c3c([2H])c([2H])c([2H])c([2H])c3[2H])c2[N]Sc2ccccn2)c([2H])c1[2H]. The van der Waals surface area contributed by atoms with Crippen molar-refractivity contribution < 1.29 is 18.5 Å². The third-order valence-corrected chi connectivity index (χ3v) is 4.63. The molecular weight excluding hydrogens is 376 g/mol. The smallest absolute Gasteiger partial charge is 0.159 e. The van der Waals surface area contributed by atoms with E-state index in [0.717, 1.165) is 11.9 Å². The zero-order valence-corrected chi connectivity index (χ0v) is 16.0. The molecule has 0 aliphatic rings. The van der Waals surface area contributed by atoms with Crippen LogP contribution in [0.15, 0.2) is 102 Å². The van der Waals surface area contributed by atoms with Gasteiger partial charge in [0.15, 0.2) is 5.78 Å². The molecule has 0 amide bonds. The van der Waals surface area contributed by atoms with Gasteiger partial charge in [-0.2, -0.15) is 0 Å². The van der Waals surface area contributed by atoms with Gasteiger partial charge >= 0.3 is 0 Å². The molecule has 0 aliphatic heterocycles. The molecule has 1 radical (unpaired) electrons. The van der Waals surface area contributed by atoms with Crippen molar-refractivity contribution in [1.82, 2.24) is 9.71 Å². The van der Waals surface area contributed by atoms with Crippen molar-refractivity contribution in [3.05, 3.63) is 103 Å². The first-order valence-corrected chi connectivity index (χ1v) is 9.26. The summed E-state index contributed by atoms with van der Waals surface area (Å²) < 4.78 is 87.1. The maximum Gasteiger partial charge on any atom is 0.159 e. The maximum atomic E-state index is 12.6. The van der Waals surface area contributed by atoms with Crippen LogP contribution in [-0.4, -0.2) is 10.8 Å². The number of pyridine rings is 1. The molecule has 0 aliphatic carbocycles. The van der Waals surface area contributed by atoms with Crippen LogP contribution < -0.4 is 4.72 Å². The molecule has 4 heteroatoms. The van der Waals surface area contributed by atoms with Gasteiger partial charge in [0.05, 0.1) is 19.4 Å². The van der Waals surface area contributed by atoms with Crippen LogP contribution in [0.3, 0.4) is 0 Å². The standard InChI is InChI=1S/C25H19N2OS/c1-18(28)21-16-22(19-10-4-2-5-11-19)25(27-29-24-14-8-9-15-26-24)23(17-21)20-12-6-3-7-13-20/h2-17H,1H3/i2D,3D,4D,5D,6D,7D,10D,11D,12D,13D. The van der Waals surface area contributed by atoms with Gasteiger partial charge < -0.3 is 0 Å². The van der Waals surface area contributed by atoms with Gasteiger partial charge in [-0.25, -0.2) is 9.71 Å². The lowest BCUT2D eigenvalue weighted by molar-refractivity contribution is 0.101. The van der Waals surface area contributed by atoms with Gasteiger partial charge in [-0.3, -0.25) is 4.79 Å². The van der Waals surface area contributed by atoms with E-state index in [1.807, 2.05) is 0 Å². The molecular formula is C25H19N2OS. The Kier molecular flexibility index (Phi) is 3.15. The number of hydrogen-bond acceptors (Lipinski definition) is 3. The number of hydrogen-bond donors (Lipinski definition) is 0. The summed E-state index contributed by atoms with van der Waals surface area (Å²) in [4.78, 5) is 16.8. The second kappa shape index (κ2) is 8.76. The van der Waals surface area contributed by atoms with Crippen LogP contribution in [0.5, 0.6) is 0 Å². The molecule has 141 valence electrons. The van der Waals surface area contributed by atoms with Gasteiger partial charge in [-0.15, -0.1) is 0 Å². The lowest BCUT2D eigenvalue weighted by atomic mass is 9.92. The first-order chi connectivity index (χ1) is 18.4. The van der Waals surface area contributed by atoms with E-state index in [1.165, 1.54) is 25.3 Å². The Morgan fingerprint density at radius 1 is 0.931 bits per heavy atom. The fraction of sp³-hybridized carbons (Fsp3) is 0.0400. The molecule has 3 aromatic carbocycles. The van der Waals surface area contributed by atoms with E-state index in [2.05, 4.69) is 9.71 Å².